The lowest BCUT2D eigenvalue weighted by Gasteiger charge is -2.15. The van der Waals surface area contributed by atoms with Crippen molar-refractivity contribution in [3.63, 3.8) is 0 Å². The first-order valence-corrected chi connectivity index (χ1v) is 2.58. The molecule has 0 nitrogen and oxygen atoms in total. The molecule has 0 N–H and O–H groups in total. The van der Waals surface area contributed by atoms with Crippen LogP contribution in [0.4, 0.5) is 0 Å². The van der Waals surface area contributed by atoms with Gasteiger partial charge in [0.25, 0.3) is 0 Å². The summed E-state index contributed by atoms with van der Waals surface area (Å²) in [5.41, 5.74) is 0. The van der Waals surface area contributed by atoms with Gasteiger partial charge >= 0.3 is 0 Å². The Kier molecular flexibility index (Phi) is 0.586. The summed E-state index contributed by atoms with van der Waals surface area (Å²) < 4.78 is 37.4. The third-order valence-electron chi connectivity index (χ3n) is 1.05. The van der Waals surface area contributed by atoms with Crippen molar-refractivity contribution in [2.75, 3.05) is 0 Å². The van der Waals surface area contributed by atoms with Gasteiger partial charge in [-0.2, -0.15) is 0 Å². The standard InChI is InChI=1S/C7H14/c1-7-5-3-2-4-6-7/h7H,2-6H2,1H3/i2T,3T,4T,5T,6T. The van der Waals surface area contributed by atoms with Crippen LogP contribution in [0.25, 0.3) is 0 Å². The van der Waals surface area contributed by atoms with E-state index in [0.717, 1.165) is 0 Å². The fourth-order valence-electron chi connectivity index (χ4n) is 0.607. The molecule has 0 aromatic heterocycles. The first kappa shape index (κ1) is 1.75. The maximum Gasteiger partial charge on any atom is 0.0269 e. The van der Waals surface area contributed by atoms with Gasteiger partial charge in [-0.3, -0.25) is 0 Å². The largest absolute Gasteiger partial charge is 0.0625 e. The van der Waals surface area contributed by atoms with Gasteiger partial charge in [0, 0.05) is 6.85 Å². The molecule has 0 bridgehead atoms. The Morgan fingerprint density at radius 3 is 2.43 bits per heavy atom. The zero-order chi connectivity index (χ0) is 9.46. The quantitative estimate of drug-likeness (QED) is 0.447. The van der Waals surface area contributed by atoms with Crippen molar-refractivity contribution in [2.45, 2.75) is 38.9 Å². The molecule has 1 rings (SSSR count). The highest BCUT2D eigenvalue weighted by Crippen LogP contribution is 2.21. The zero-order valence-corrected chi connectivity index (χ0v) is 4.46. The molecule has 42 valence electrons. The van der Waals surface area contributed by atoms with Crippen LogP contribution in [0.15, 0.2) is 0 Å². The first-order valence-electron chi connectivity index (χ1n) is 5.46. The highest BCUT2D eigenvalue weighted by Gasteiger charge is 2.05. The summed E-state index contributed by atoms with van der Waals surface area (Å²) >= 11 is 0. The molecule has 0 amide bonds. The topological polar surface area (TPSA) is 0 Å². The Morgan fingerprint density at radius 1 is 1.29 bits per heavy atom. The number of rotatable bonds is 0. The molecule has 0 aromatic carbocycles. The van der Waals surface area contributed by atoms with Gasteiger partial charge in [-0.25, -0.2) is 0 Å². The minimum atomic E-state index is -0.883. The molecule has 0 saturated heterocycles. The van der Waals surface area contributed by atoms with E-state index < -0.39 is 32.0 Å². The monoisotopic (exact) mass is 108 g/mol. The SMILES string of the molecule is [3H]C1C([3H])C([3H])C(C)C([3H])C1[3H]. The minimum Gasteiger partial charge on any atom is -0.0625 e. The summed E-state index contributed by atoms with van der Waals surface area (Å²) in [5.74, 6) is -0.253. The molecule has 4 unspecified atom stereocenters. The Balaban J connectivity index is 2.76. The lowest BCUT2D eigenvalue weighted by Crippen LogP contribution is -1.99. The van der Waals surface area contributed by atoms with E-state index in [2.05, 4.69) is 0 Å². The zero-order valence-electron chi connectivity index (χ0n) is 9.46. The van der Waals surface area contributed by atoms with E-state index in [4.69, 9.17) is 6.85 Å². The summed E-state index contributed by atoms with van der Waals surface area (Å²) in [6, 6.07) is 0. The van der Waals surface area contributed by atoms with Crippen molar-refractivity contribution in [1.29, 1.82) is 0 Å². The van der Waals surface area contributed by atoms with Gasteiger partial charge in [-0.1, -0.05) is 38.9 Å². The molecular weight excluding hydrogens is 84.1 g/mol. The van der Waals surface area contributed by atoms with Crippen molar-refractivity contribution >= 4 is 0 Å². The van der Waals surface area contributed by atoms with Crippen LogP contribution in [0, 0.1) is 5.92 Å². The Bertz CT molecular complexity index is 103. The molecule has 0 heterocycles. The van der Waals surface area contributed by atoms with E-state index >= 15 is 0 Å². The molecule has 1 aliphatic carbocycles. The van der Waals surface area contributed by atoms with Gasteiger partial charge < -0.3 is 0 Å². The van der Waals surface area contributed by atoms with E-state index in [1.807, 2.05) is 0 Å². The summed E-state index contributed by atoms with van der Waals surface area (Å²) in [4.78, 5) is 0. The molecular formula is C7H14. The molecule has 0 aromatic rings. The second-order valence-electron chi connectivity index (χ2n) is 1.82. The Morgan fingerprint density at radius 2 is 1.86 bits per heavy atom. The fraction of sp³-hybridized carbons (Fsp3) is 1.00. The minimum absolute atomic E-state index is 0.253. The smallest absolute Gasteiger partial charge is 0.0269 e. The van der Waals surface area contributed by atoms with Crippen LogP contribution >= 0.6 is 0 Å². The molecule has 1 saturated carbocycles. The third-order valence-corrected chi connectivity index (χ3v) is 1.05. The van der Waals surface area contributed by atoms with E-state index in [1.54, 1.807) is 6.92 Å². The normalized spacial score (nSPS) is 95.9. The van der Waals surface area contributed by atoms with Gasteiger partial charge in [0.05, 0.1) is 0 Å². The number of hydrogen-bond acceptors (Lipinski definition) is 0. The van der Waals surface area contributed by atoms with Crippen LogP contribution in [0.2, 0.25) is 0 Å². The highest BCUT2D eigenvalue weighted by atomic mass is 14.1. The van der Waals surface area contributed by atoms with Crippen molar-refractivity contribution in [3.05, 3.63) is 0 Å². The van der Waals surface area contributed by atoms with E-state index in [9.17, 15) is 0 Å². The molecule has 4 atom stereocenters. The van der Waals surface area contributed by atoms with Gasteiger partial charge in [-0.15, -0.1) is 0 Å². The van der Waals surface area contributed by atoms with Crippen molar-refractivity contribution in [3.8, 4) is 0 Å². The molecule has 1 fully saturated rings. The number of hydrogen-bond donors (Lipinski definition) is 0. The predicted octanol–water partition coefficient (Wildman–Crippen LogP) is 2.59. The molecule has 1 aliphatic rings. The molecule has 0 heteroatoms. The van der Waals surface area contributed by atoms with Crippen molar-refractivity contribution in [1.82, 2.24) is 0 Å². The second-order valence-corrected chi connectivity index (χ2v) is 1.82. The average Bonchev–Trinajstić information content (AvgIpc) is 2.08. The summed E-state index contributed by atoms with van der Waals surface area (Å²) in [6.07, 6.45) is -3.85. The van der Waals surface area contributed by atoms with Gasteiger partial charge in [0.15, 0.2) is 0 Å². The van der Waals surface area contributed by atoms with Crippen LogP contribution in [0.3, 0.4) is 0 Å². The van der Waals surface area contributed by atoms with E-state index in [0.29, 0.717) is 0 Å². The van der Waals surface area contributed by atoms with Crippen molar-refractivity contribution < 1.29 is 6.85 Å². The van der Waals surface area contributed by atoms with E-state index in [1.165, 1.54) is 0 Å². The molecule has 7 heavy (non-hydrogen) atoms. The molecule has 0 aliphatic heterocycles. The Labute approximate surface area is 52.9 Å². The summed E-state index contributed by atoms with van der Waals surface area (Å²) in [7, 11) is 0. The lowest BCUT2D eigenvalue weighted by atomic mass is 9.91. The lowest BCUT2D eigenvalue weighted by molar-refractivity contribution is 0.385. The molecule has 0 radical (unpaired) electrons. The molecule has 0 spiro atoms. The van der Waals surface area contributed by atoms with Crippen LogP contribution in [-0.4, -0.2) is 0 Å². The van der Waals surface area contributed by atoms with Crippen LogP contribution in [0.1, 0.15) is 45.8 Å². The van der Waals surface area contributed by atoms with Gasteiger partial charge in [0.2, 0.25) is 0 Å². The summed E-state index contributed by atoms with van der Waals surface area (Å²) in [6.45, 7) is 1.73. The van der Waals surface area contributed by atoms with Crippen molar-refractivity contribution in [2.24, 2.45) is 5.92 Å². The fourth-order valence-corrected chi connectivity index (χ4v) is 0.607. The van der Waals surface area contributed by atoms with E-state index in [-0.39, 0.29) is 5.92 Å². The third kappa shape index (κ3) is 1.50. The van der Waals surface area contributed by atoms with Crippen LogP contribution in [-0.2, 0) is 0 Å². The predicted molar refractivity (Wildman–Crippen MR) is 32.2 cm³/mol. The van der Waals surface area contributed by atoms with Crippen LogP contribution in [0.5, 0.6) is 0 Å². The maximum atomic E-state index is 7.52. The maximum absolute atomic E-state index is 7.52. The van der Waals surface area contributed by atoms with Crippen LogP contribution < -0.4 is 0 Å². The highest BCUT2D eigenvalue weighted by molar-refractivity contribution is 4.59. The average molecular weight is 108 g/mol. The summed E-state index contributed by atoms with van der Waals surface area (Å²) in [5, 5.41) is 0. The van der Waals surface area contributed by atoms with Gasteiger partial charge in [-0.05, 0) is 5.92 Å². The Hall–Kier alpha value is 0. The second kappa shape index (κ2) is 2.34. The first-order chi connectivity index (χ1) is 5.46. The van der Waals surface area contributed by atoms with Gasteiger partial charge in [0.1, 0.15) is 0 Å².